The Bertz CT molecular complexity index is 706. The van der Waals surface area contributed by atoms with E-state index in [1.807, 2.05) is 57.2 Å². The van der Waals surface area contributed by atoms with Crippen molar-refractivity contribution in [1.82, 2.24) is 5.32 Å². The number of rotatable bonds is 3. The van der Waals surface area contributed by atoms with E-state index in [0.29, 0.717) is 10.7 Å². The van der Waals surface area contributed by atoms with E-state index in [2.05, 4.69) is 10.6 Å². The van der Waals surface area contributed by atoms with Crippen LogP contribution in [0, 0.1) is 13.8 Å². The highest BCUT2D eigenvalue weighted by molar-refractivity contribution is 6.41. The molecule has 2 aromatic carbocycles. The summed E-state index contributed by atoms with van der Waals surface area (Å²) in [6.45, 7) is 5.57. The number of carbonyl (C=O) groups is 2. The van der Waals surface area contributed by atoms with Crippen molar-refractivity contribution < 1.29 is 9.59 Å². The van der Waals surface area contributed by atoms with Gasteiger partial charge in [0.15, 0.2) is 0 Å². The van der Waals surface area contributed by atoms with Crippen LogP contribution < -0.4 is 10.6 Å². The van der Waals surface area contributed by atoms with E-state index in [0.717, 1.165) is 16.7 Å². The molecule has 2 rings (SSSR count). The molecule has 0 aliphatic rings. The Morgan fingerprint density at radius 2 is 1.70 bits per heavy atom. The number of carbonyl (C=O) groups excluding carboxylic acids is 2. The van der Waals surface area contributed by atoms with Gasteiger partial charge in [-0.05, 0) is 43.5 Å². The average Bonchev–Trinajstić information content (AvgIpc) is 2.51. The van der Waals surface area contributed by atoms with Crippen LogP contribution in [0.4, 0.5) is 5.69 Å². The van der Waals surface area contributed by atoms with E-state index in [1.165, 1.54) is 0 Å². The summed E-state index contributed by atoms with van der Waals surface area (Å²) in [5, 5.41) is 5.67. The zero-order valence-electron chi connectivity index (χ0n) is 13.3. The molecule has 0 aromatic heterocycles. The number of hydrogen-bond donors (Lipinski definition) is 2. The molecule has 1 unspecified atom stereocenters. The van der Waals surface area contributed by atoms with Crippen molar-refractivity contribution in [3.63, 3.8) is 0 Å². The van der Waals surface area contributed by atoms with Crippen molar-refractivity contribution in [2.75, 3.05) is 5.32 Å². The molecule has 2 amide bonds. The molecular weight excluding hydrogens is 312 g/mol. The summed E-state index contributed by atoms with van der Waals surface area (Å²) >= 11 is 6.14. The summed E-state index contributed by atoms with van der Waals surface area (Å²) in [7, 11) is 0. The Kier molecular flexibility index (Phi) is 5.40. The van der Waals surface area contributed by atoms with Crippen LogP contribution in [-0.4, -0.2) is 11.8 Å². The number of amides is 2. The maximum Gasteiger partial charge on any atom is 0.313 e. The normalized spacial score (nSPS) is 11.7. The number of benzene rings is 2. The Morgan fingerprint density at radius 3 is 2.30 bits per heavy atom. The van der Waals surface area contributed by atoms with Gasteiger partial charge in [0.25, 0.3) is 0 Å². The maximum atomic E-state index is 12.1. The van der Waals surface area contributed by atoms with E-state index < -0.39 is 11.8 Å². The van der Waals surface area contributed by atoms with Gasteiger partial charge in [-0.2, -0.15) is 0 Å². The quantitative estimate of drug-likeness (QED) is 0.842. The van der Waals surface area contributed by atoms with E-state index in [9.17, 15) is 9.59 Å². The van der Waals surface area contributed by atoms with Gasteiger partial charge in [-0.3, -0.25) is 9.59 Å². The van der Waals surface area contributed by atoms with E-state index in [4.69, 9.17) is 11.6 Å². The van der Waals surface area contributed by atoms with Crippen molar-refractivity contribution >= 4 is 29.1 Å². The first-order valence-electron chi connectivity index (χ1n) is 7.32. The van der Waals surface area contributed by atoms with Crippen molar-refractivity contribution in [1.29, 1.82) is 0 Å². The summed E-state index contributed by atoms with van der Waals surface area (Å²) in [5.74, 6) is -1.43. The van der Waals surface area contributed by atoms with E-state index in [1.54, 1.807) is 6.07 Å². The molecule has 2 aromatic rings. The number of hydrogen-bond acceptors (Lipinski definition) is 2. The molecule has 4 nitrogen and oxygen atoms in total. The van der Waals surface area contributed by atoms with Gasteiger partial charge in [-0.15, -0.1) is 0 Å². The van der Waals surface area contributed by atoms with E-state index >= 15 is 0 Å². The third kappa shape index (κ3) is 4.33. The van der Waals surface area contributed by atoms with Crippen LogP contribution in [0.15, 0.2) is 42.5 Å². The predicted molar refractivity (Wildman–Crippen MR) is 92.6 cm³/mol. The summed E-state index contributed by atoms with van der Waals surface area (Å²) < 4.78 is 0. The smallest absolute Gasteiger partial charge is 0.313 e. The van der Waals surface area contributed by atoms with Gasteiger partial charge in [0, 0.05) is 0 Å². The monoisotopic (exact) mass is 330 g/mol. The Hall–Kier alpha value is -2.33. The summed E-state index contributed by atoms with van der Waals surface area (Å²) in [4.78, 5) is 24.1. The fourth-order valence-corrected chi connectivity index (χ4v) is 2.70. The van der Waals surface area contributed by atoms with Crippen molar-refractivity contribution in [2.45, 2.75) is 26.8 Å². The molecule has 0 aliphatic heterocycles. The molecule has 0 bridgehead atoms. The van der Waals surface area contributed by atoms with Crippen LogP contribution in [-0.2, 0) is 9.59 Å². The van der Waals surface area contributed by atoms with Crippen molar-refractivity contribution in [3.05, 3.63) is 64.2 Å². The Balaban J connectivity index is 2.05. The molecule has 120 valence electrons. The third-order valence-electron chi connectivity index (χ3n) is 3.52. The Morgan fingerprint density at radius 1 is 1.04 bits per heavy atom. The third-order valence-corrected chi connectivity index (χ3v) is 3.82. The average molecular weight is 331 g/mol. The lowest BCUT2D eigenvalue weighted by atomic mass is 10.1. The highest BCUT2D eigenvalue weighted by Crippen LogP contribution is 2.27. The minimum absolute atomic E-state index is 0.260. The fourth-order valence-electron chi connectivity index (χ4n) is 2.33. The summed E-state index contributed by atoms with van der Waals surface area (Å²) in [5.41, 5.74) is 3.20. The second-order valence-electron chi connectivity index (χ2n) is 5.50. The summed E-state index contributed by atoms with van der Waals surface area (Å²) in [6, 6.07) is 12.8. The lowest BCUT2D eigenvalue weighted by Gasteiger charge is -2.15. The van der Waals surface area contributed by atoms with Crippen LogP contribution in [0.1, 0.15) is 29.7 Å². The number of anilines is 1. The van der Waals surface area contributed by atoms with Crippen LogP contribution in [0.2, 0.25) is 5.02 Å². The molecular formula is C18H19ClN2O2. The van der Waals surface area contributed by atoms with Gasteiger partial charge in [0.05, 0.1) is 16.8 Å². The van der Waals surface area contributed by atoms with Crippen LogP contribution in [0.5, 0.6) is 0 Å². The minimum atomic E-state index is -0.735. The standard InChI is InChI=1S/C18H19ClN2O2/c1-11-9-12(2)16(15(19)10-11)21-18(23)17(22)20-13(3)14-7-5-4-6-8-14/h4-10,13H,1-3H3,(H,20,22)(H,21,23). The zero-order valence-corrected chi connectivity index (χ0v) is 14.1. The lowest BCUT2D eigenvalue weighted by Crippen LogP contribution is -2.37. The number of halogens is 1. The molecule has 0 aliphatic carbocycles. The van der Waals surface area contributed by atoms with Gasteiger partial charge < -0.3 is 10.6 Å². The highest BCUT2D eigenvalue weighted by atomic mass is 35.5. The van der Waals surface area contributed by atoms with Gasteiger partial charge in [-0.1, -0.05) is 48.0 Å². The zero-order chi connectivity index (χ0) is 17.0. The van der Waals surface area contributed by atoms with Gasteiger partial charge in [0.1, 0.15) is 0 Å². The van der Waals surface area contributed by atoms with Crippen LogP contribution >= 0.6 is 11.6 Å². The van der Waals surface area contributed by atoms with Gasteiger partial charge in [0.2, 0.25) is 0 Å². The first kappa shape index (κ1) is 17.0. The first-order valence-corrected chi connectivity index (χ1v) is 7.70. The molecule has 23 heavy (non-hydrogen) atoms. The van der Waals surface area contributed by atoms with Gasteiger partial charge in [-0.25, -0.2) is 0 Å². The van der Waals surface area contributed by atoms with Crippen LogP contribution in [0.25, 0.3) is 0 Å². The molecule has 0 saturated carbocycles. The van der Waals surface area contributed by atoms with Gasteiger partial charge >= 0.3 is 11.8 Å². The maximum absolute atomic E-state index is 12.1. The molecule has 0 spiro atoms. The molecule has 0 heterocycles. The lowest BCUT2D eigenvalue weighted by molar-refractivity contribution is -0.136. The van der Waals surface area contributed by atoms with Crippen molar-refractivity contribution in [3.8, 4) is 0 Å². The highest BCUT2D eigenvalue weighted by Gasteiger charge is 2.19. The minimum Gasteiger partial charge on any atom is -0.341 e. The SMILES string of the molecule is Cc1cc(C)c(NC(=O)C(=O)NC(C)c2ccccc2)c(Cl)c1. The molecule has 5 heteroatoms. The molecule has 1 atom stereocenters. The molecule has 0 saturated heterocycles. The van der Waals surface area contributed by atoms with E-state index in [-0.39, 0.29) is 6.04 Å². The molecule has 0 fully saturated rings. The molecule has 0 radical (unpaired) electrons. The number of nitrogens with one attached hydrogen (secondary N) is 2. The number of aryl methyl sites for hydroxylation is 2. The largest absolute Gasteiger partial charge is 0.341 e. The summed E-state index contributed by atoms with van der Waals surface area (Å²) in [6.07, 6.45) is 0. The second-order valence-corrected chi connectivity index (χ2v) is 5.91. The van der Waals surface area contributed by atoms with Crippen LogP contribution in [0.3, 0.4) is 0 Å². The fraction of sp³-hybridized carbons (Fsp3) is 0.222. The topological polar surface area (TPSA) is 58.2 Å². The van der Waals surface area contributed by atoms with Crippen molar-refractivity contribution in [2.24, 2.45) is 0 Å². The molecule has 2 N–H and O–H groups in total. The first-order chi connectivity index (χ1) is 10.9. The Labute approximate surface area is 140 Å². The predicted octanol–water partition coefficient (Wildman–Crippen LogP) is 3.77. The second kappa shape index (κ2) is 7.29.